The number of allylic oxidation sites excluding steroid dienone is 14. The Morgan fingerprint density at radius 1 is 0.263 bits per heavy atom. The first kappa shape index (κ1) is 76.6. The Hall–Kier alpha value is -3.41. The van der Waals surface area contributed by atoms with Gasteiger partial charge < -0.3 is 14.2 Å². The fourth-order valence-corrected chi connectivity index (χ4v) is 9.97. The second-order valence-electron chi connectivity index (χ2n) is 23.1. The molecule has 0 aromatic heterocycles. The zero-order valence-corrected chi connectivity index (χ0v) is 53.1. The van der Waals surface area contributed by atoms with Crippen LogP contribution in [0.3, 0.4) is 0 Å². The summed E-state index contributed by atoms with van der Waals surface area (Å²) in [6.07, 6.45) is 90.2. The molecular formula is C74H130O6. The average Bonchev–Trinajstić information content (AvgIpc) is 3.46. The van der Waals surface area contributed by atoms with Crippen molar-refractivity contribution in [2.24, 2.45) is 0 Å². The number of hydrogen-bond acceptors (Lipinski definition) is 6. The molecule has 0 saturated carbocycles. The first-order valence-electron chi connectivity index (χ1n) is 34.6. The second kappa shape index (κ2) is 68.1. The molecule has 0 saturated heterocycles. The number of esters is 3. The summed E-state index contributed by atoms with van der Waals surface area (Å²) in [6.45, 7) is 6.56. The highest BCUT2D eigenvalue weighted by molar-refractivity contribution is 5.71. The molecule has 0 bridgehead atoms. The Labute approximate surface area is 496 Å². The van der Waals surface area contributed by atoms with Crippen LogP contribution in [0.1, 0.15) is 348 Å². The van der Waals surface area contributed by atoms with Crippen LogP contribution >= 0.6 is 0 Å². The van der Waals surface area contributed by atoms with Crippen LogP contribution in [0, 0.1) is 0 Å². The topological polar surface area (TPSA) is 78.9 Å². The summed E-state index contributed by atoms with van der Waals surface area (Å²) >= 11 is 0. The van der Waals surface area contributed by atoms with Gasteiger partial charge in [-0.1, -0.05) is 318 Å². The summed E-state index contributed by atoms with van der Waals surface area (Å²) in [6, 6.07) is 0. The van der Waals surface area contributed by atoms with Crippen molar-refractivity contribution in [3.05, 3.63) is 85.1 Å². The summed E-state index contributed by atoms with van der Waals surface area (Å²) in [4.78, 5) is 38.4. The number of carbonyl (C=O) groups is 3. The fourth-order valence-electron chi connectivity index (χ4n) is 9.97. The molecule has 1 unspecified atom stereocenters. The van der Waals surface area contributed by atoms with Gasteiger partial charge in [0, 0.05) is 19.3 Å². The molecule has 6 heteroatoms. The van der Waals surface area contributed by atoms with Crippen LogP contribution in [0.2, 0.25) is 0 Å². The molecule has 0 radical (unpaired) electrons. The quantitative estimate of drug-likeness (QED) is 0.0261. The second-order valence-corrected chi connectivity index (χ2v) is 23.1. The predicted octanol–water partition coefficient (Wildman–Crippen LogP) is 23.8. The van der Waals surface area contributed by atoms with Crippen LogP contribution in [0.25, 0.3) is 0 Å². The zero-order chi connectivity index (χ0) is 57.8. The minimum absolute atomic E-state index is 0.0798. The zero-order valence-electron chi connectivity index (χ0n) is 53.1. The maximum atomic E-state index is 12.9. The van der Waals surface area contributed by atoms with Crippen LogP contribution < -0.4 is 0 Å². The molecule has 0 fully saturated rings. The lowest BCUT2D eigenvalue weighted by atomic mass is 10.0. The van der Waals surface area contributed by atoms with Crippen molar-refractivity contribution < 1.29 is 28.6 Å². The Morgan fingerprint density at radius 2 is 0.487 bits per heavy atom. The third kappa shape index (κ3) is 65.4. The lowest BCUT2D eigenvalue weighted by molar-refractivity contribution is -0.167. The van der Waals surface area contributed by atoms with Crippen LogP contribution in [0.15, 0.2) is 85.1 Å². The minimum Gasteiger partial charge on any atom is -0.462 e. The van der Waals surface area contributed by atoms with Crippen LogP contribution in [0.4, 0.5) is 0 Å². The molecule has 1 atom stereocenters. The van der Waals surface area contributed by atoms with Crippen LogP contribution in [0.5, 0.6) is 0 Å². The smallest absolute Gasteiger partial charge is 0.306 e. The molecule has 0 aromatic rings. The summed E-state index contributed by atoms with van der Waals surface area (Å²) in [5.74, 6) is -0.876. The van der Waals surface area contributed by atoms with Crippen molar-refractivity contribution >= 4 is 17.9 Å². The van der Waals surface area contributed by atoms with Crippen LogP contribution in [-0.4, -0.2) is 37.2 Å². The molecular weight excluding hydrogens is 985 g/mol. The van der Waals surface area contributed by atoms with Crippen LogP contribution in [-0.2, 0) is 28.6 Å². The van der Waals surface area contributed by atoms with Crippen molar-refractivity contribution in [3.63, 3.8) is 0 Å². The van der Waals surface area contributed by atoms with E-state index in [0.717, 1.165) is 109 Å². The van der Waals surface area contributed by atoms with E-state index in [2.05, 4.69) is 106 Å². The summed E-state index contributed by atoms with van der Waals surface area (Å²) < 4.78 is 17.0. The normalized spacial score (nSPS) is 12.6. The Balaban J connectivity index is 4.34. The third-order valence-electron chi connectivity index (χ3n) is 15.1. The predicted molar refractivity (Wildman–Crippen MR) is 348 cm³/mol. The van der Waals surface area contributed by atoms with E-state index in [4.69, 9.17) is 14.2 Å². The Kier molecular flexibility index (Phi) is 65.2. The molecule has 0 aliphatic heterocycles. The maximum absolute atomic E-state index is 12.9. The van der Waals surface area contributed by atoms with Gasteiger partial charge in [0.25, 0.3) is 0 Å². The molecule has 0 rings (SSSR count). The van der Waals surface area contributed by atoms with Crippen molar-refractivity contribution in [2.75, 3.05) is 13.2 Å². The number of hydrogen-bond donors (Lipinski definition) is 0. The van der Waals surface area contributed by atoms with Gasteiger partial charge in [-0.3, -0.25) is 14.4 Å². The van der Waals surface area contributed by atoms with E-state index in [0.29, 0.717) is 19.3 Å². The average molecular weight is 1120 g/mol. The lowest BCUT2D eigenvalue weighted by Crippen LogP contribution is -2.30. The van der Waals surface area contributed by atoms with E-state index in [9.17, 15) is 14.4 Å². The van der Waals surface area contributed by atoms with E-state index < -0.39 is 6.10 Å². The van der Waals surface area contributed by atoms with Gasteiger partial charge in [0.05, 0.1) is 0 Å². The Morgan fingerprint density at radius 3 is 0.775 bits per heavy atom. The lowest BCUT2D eigenvalue weighted by Gasteiger charge is -2.18. The molecule has 462 valence electrons. The molecule has 80 heavy (non-hydrogen) atoms. The van der Waals surface area contributed by atoms with E-state index in [1.165, 1.54) is 199 Å². The molecule has 0 aromatic carbocycles. The van der Waals surface area contributed by atoms with E-state index in [1.807, 2.05) is 0 Å². The van der Waals surface area contributed by atoms with E-state index in [1.54, 1.807) is 0 Å². The number of carbonyl (C=O) groups excluding carboxylic acids is 3. The standard InChI is InChI=1S/C74H130O6/c1-4-7-10-13-16-19-22-25-28-30-32-34-35-36-37-38-39-40-42-43-46-49-52-55-58-61-64-67-73(76)79-70-71(69-78-72(75)66-63-60-57-54-51-48-45-27-24-21-18-15-12-9-6-3)80-74(77)68-65-62-59-56-53-50-47-44-41-33-31-29-26-23-20-17-14-11-8-5-2/h7,10,16,19,25,27-28,32,34,36-37,39-40,45,71H,4-6,8-9,11-15,17-18,20-24,26,29-31,33,35,38,41-44,46-70H2,1-3H3/b10-7-,19-16-,28-25-,34-32-,37-36-,40-39-,45-27-. The van der Waals surface area contributed by atoms with E-state index in [-0.39, 0.29) is 31.1 Å². The summed E-state index contributed by atoms with van der Waals surface area (Å²) in [5, 5.41) is 0. The fraction of sp³-hybridized carbons (Fsp3) is 0.770. The minimum atomic E-state index is -0.783. The van der Waals surface area contributed by atoms with Crippen molar-refractivity contribution in [1.29, 1.82) is 0 Å². The van der Waals surface area contributed by atoms with Gasteiger partial charge in [0.2, 0.25) is 0 Å². The van der Waals surface area contributed by atoms with Gasteiger partial charge >= 0.3 is 17.9 Å². The van der Waals surface area contributed by atoms with Gasteiger partial charge in [0.15, 0.2) is 6.10 Å². The number of rotatable bonds is 63. The van der Waals surface area contributed by atoms with Gasteiger partial charge in [-0.25, -0.2) is 0 Å². The molecule has 0 amide bonds. The SMILES string of the molecule is CC/C=C\C/C=C\C/C=C\C/C=C\C/C=C\C/C=C\CCCCCCCCCCC(=O)OCC(COC(=O)CCCCCCC/C=C\CCCCCCCC)OC(=O)CCCCCCCCCCCCCCCCCCCCCC. The number of unbranched alkanes of at least 4 members (excludes halogenated alkanes) is 38. The molecule has 0 N–H and O–H groups in total. The molecule has 0 aliphatic rings. The van der Waals surface area contributed by atoms with Gasteiger partial charge in [-0.15, -0.1) is 0 Å². The number of ether oxygens (including phenoxy) is 3. The van der Waals surface area contributed by atoms with Gasteiger partial charge in [0.1, 0.15) is 13.2 Å². The van der Waals surface area contributed by atoms with E-state index >= 15 is 0 Å². The monoisotopic (exact) mass is 1110 g/mol. The van der Waals surface area contributed by atoms with Crippen molar-refractivity contribution in [2.45, 2.75) is 354 Å². The molecule has 0 heterocycles. The molecule has 6 nitrogen and oxygen atoms in total. The van der Waals surface area contributed by atoms with Gasteiger partial charge in [-0.2, -0.15) is 0 Å². The van der Waals surface area contributed by atoms with Crippen molar-refractivity contribution in [1.82, 2.24) is 0 Å². The summed E-state index contributed by atoms with van der Waals surface area (Å²) in [5.41, 5.74) is 0. The molecule has 0 spiro atoms. The largest absolute Gasteiger partial charge is 0.462 e. The van der Waals surface area contributed by atoms with Gasteiger partial charge in [-0.05, 0) is 96.3 Å². The highest BCUT2D eigenvalue weighted by Crippen LogP contribution is 2.17. The first-order valence-corrected chi connectivity index (χ1v) is 34.6. The van der Waals surface area contributed by atoms with Crippen molar-refractivity contribution in [3.8, 4) is 0 Å². The first-order chi connectivity index (χ1) is 39.5. The molecule has 0 aliphatic carbocycles. The maximum Gasteiger partial charge on any atom is 0.306 e. The third-order valence-corrected chi connectivity index (χ3v) is 15.1. The summed E-state index contributed by atoms with van der Waals surface area (Å²) in [7, 11) is 0. The highest BCUT2D eigenvalue weighted by atomic mass is 16.6. The Bertz CT molecular complexity index is 1520. The highest BCUT2D eigenvalue weighted by Gasteiger charge is 2.19.